The van der Waals surface area contributed by atoms with Crippen molar-refractivity contribution in [2.24, 2.45) is 22.7 Å². The van der Waals surface area contributed by atoms with E-state index in [1.165, 1.54) is 11.0 Å². The molecule has 1 aliphatic heterocycles. The van der Waals surface area contributed by atoms with Gasteiger partial charge in [-0.3, -0.25) is 19.2 Å². The monoisotopic (exact) mass is 544 g/mol. The number of hydrogen-bond acceptors (Lipinski definition) is 6. The van der Waals surface area contributed by atoms with E-state index in [-0.39, 0.29) is 30.2 Å². The molecular weight excluding hydrogens is 500 g/mol. The van der Waals surface area contributed by atoms with Crippen molar-refractivity contribution in [3.05, 3.63) is 12.7 Å². The van der Waals surface area contributed by atoms with E-state index >= 15 is 0 Å². The number of hydrogen-bond donors (Lipinski definition) is 3. The summed E-state index contributed by atoms with van der Waals surface area (Å²) in [5, 5.41) is 7.83. The highest BCUT2D eigenvalue weighted by atomic mass is 16.6. The molecule has 4 amide bonds. The number of carbonyl (C=O) groups is 5. The van der Waals surface area contributed by atoms with E-state index in [1.807, 2.05) is 34.6 Å². The molecule has 2 rings (SSSR count). The zero-order chi connectivity index (χ0) is 29.9. The maximum absolute atomic E-state index is 13.9. The predicted molar refractivity (Wildman–Crippen MR) is 147 cm³/mol. The molecule has 2 fully saturated rings. The van der Waals surface area contributed by atoms with E-state index in [1.54, 1.807) is 27.7 Å². The van der Waals surface area contributed by atoms with E-state index in [0.29, 0.717) is 6.54 Å². The van der Waals surface area contributed by atoms with Crippen LogP contribution in [-0.4, -0.2) is 71.3 Å². The SMILES string of the molecule is C=CCNC(=O)C(=O)[C@H](CC#CC)NC(=O)[C@@H]1[C@@H]2[C@H](CN1C(=O)[C@@H](NC(=O)OC(C)(C)C)C(C)(C)C)C2(C)C. The van der Waals surface area contributed by atoms with Crippen molar-refractivity contribution in [2.45, 2.75) is 92.5 Å². The smallest absolute Gasteiger partial charge is 0.408 e. The first-order chi connectivity index (χ1) is 17.9. The van der Waals surface area contributed by atoms with Gasteiger partial charge in [0.2, 0.25) is 17.6 Å². The summed E-state index contributed by atoms with van der Waals surface area (Å²) in [7, 11) is 0. The standard InChI is InChI=1S/C29H44N4O6/c1-11-13-14-18(21(34)24(36)30-15-12-2)31-23(35)20-19-17(29(19,9)10)16-33(20)25(37)22(27(3,4)5)32-26(38)39-28(6,7)8/h12,17-20,22H,2,14-16H2,1,3-10H3,(H,30,36)(H,31,35)(H,32,38)/t17-,18-,19-,20-,22+/m0/s1. The third-order valence-corrected chi connectivity index (χ3v) is 7.28. The van der Waals surface area contributed by atoms with Crippen LogP contribution in [0.2, 0.25) is 0 Å². The van der Waals surface area contributed by atoms with Crippen LogP contribution in [0.15, 0.2) is 12.7 Å². The van der Waals surface area contributed by atoms with Gasteiger partial charge in [-0.05, 0) is 50.4 Å². The third kappa shape index (κ3) is 7.61. The zero-order valence-corrected chi connectivity index (χ0v) is 24.7. The summed E-state index contributed by atoms with van der Waals surface area (Å²) >= 11 is 0. The molecule has 216 valence electrons. The lowest BCUT2D eigenvalue weighted by molar-refractivity contribution is -0.145. The highest BCUT2D eigenvalue weighted by molar-refractivity contribution is 6.38. The lowest BCUT2D eigenvalue weighted by Gasteiger charge is -2.38. The number of fused-ring (bicyclic) bond motifs is 1. The molecule has 1 saturated carbocycles. The van der Waals surface area contributed by atoms with Gasteiger partial charge in [-0.2, -0.15) is 0 Å². The molecule has 1 aliphatic carbocycles. The second kappa shape index (κ2) is 11.8. The molecule has 0 aromatic heterocycles. The summed E-state index contributed by atoms with van der Waals surface area (Å²) in [5.74, 6) is 2.78. The number of rotatable bonds is 9. The Hall–Kier alpha value is -3.35. The fraction of sp³-hybridized carbons (Fsp3) is 0.690. The van der Waals surface area contributed by atoms with Crippen LogP contribution in [0, 0.1) is 34.5 Å². The summed E-state index contributed by atoms with van der Waals surface area (Å²) in [4.78, 5) is 66.9. The van der Waals surface area contributed by atoms with Crippen LogP contribution in [0.5, 0.6) is 0 Å². The first-order valence-electron chi connectivity index (χ1n) is 13.3. The second-order valence-electron chi connectivity index (χ2n) is 12.9. The molecule has 1 heterocycles. The Morgan fingerprint density at radius 2 is 1.72 bits per heavy atom. The van der Waals surface area contributed by atoms with E-state index in [2.05, 4.69) is 34.4 Å². The van der Waals surface area contributed by atoms with Gasteiger partial charge >= 0.3 is 6.09 Å². The highest BCUT2D eigenvalue weighted by Gasteiger charge is 2.70. The minimum absolute atomic E-state index is 0.0500. The van der Waals surface area contributed by atoms with Crippen molar-refractivity contribution in [2.75, 3.05) is 13.1 Å². The van der Waals surface area contributed by atoms with Crippen molar-refractivity contribution >= 4 is 29.6 Å². The second-order valence-corrected chi connectivity index (χ2v) is 12.9. The molecule has 1 saturated heterocycles. The van der Waals surface area contributed by atoms with Gasteiger partial charge in [0.1, 0.15) is 23.7 Å². The first-order valence-corrected chi connectivity index (χ1v) is 13.3. The first kappa shape index (κ1) is 31.9. The van der Waals surface area contributed by atoms with Crippen molar-refractivity contribution in [1.29, 1.82) is 0 Å². The number of ether oxygens (including phenoxy) is 1. The van der Waals surface area contributed by atoms with Gasteiger partial charge in [-0.1, -0.05) is 40.7 Å². The molecule has 0 radical (unpaired) electrons. The minimum Gasteiger partial charge on any atom is -0.444 e. The van der Waals surface area contributed by atoms with Gasteiger partial charge < -0.3 is 25.6 Å². The lowest BCUT2D eigenvalue weighted by atomic mass is 9.85. The van der Waals surface area contributed by atoms with Crippen LogP contribution in [0.4, 0.5) is 4.79 Å². The number of nitrogens with zero attached hydrogens (tertiary/aromatic N) is 1. The molecule has 39 heavy (non-hydrogen) atoms. The number of piperidine rings is 1. The Kier molecular flexibility index (Phi) is 9.65. The summed E-state index contributed by atoms with van der Waals surface area (Å²) < 4.78 is 5.39. The summed E-state index contributed by atoms with van der Waals surface area (Å²) in [6.07, 6.45) is 0.667. The fourth-order valence-electron chi connectivity index (χ4n) is 5.13. The topological polar surface area (TPSA) is 134 Å². The number of alkyl carbamates (subject to hydrolysis) is 1. The Morgan fingerprint density at radius 1 is 1.10 bits per heavy atom. The summed E-state index contributed by atoms with van der Waals surface area (Å²) in [6.45, 7) is 20.3. The average Bonchev–Trinajstić information content (AvgIpc) is 3.14. The molecular formula is C29H44N4O6. The van der Waals surface area contributed by atoms with Crippen molar-refractivity contribution < 1.29 is 28.7 Å². The van der Waals surface area contributed by atoms with Crippen LogP contribution in [0.3, 0.4) is 0 Å². The molecule has 0 unspecified atom stereocenters. The van der Waals surface area contributed by atoms with Gasteiger partial charge in [0.25, 0.3) is 5.91 Å². The van der Waals surface area contributed by atoms with Crippen molar-refractivity contribution in [1.82, 2.24) is 20.9 Å². The number of carbonyl (C=O) groups excluding carboxylic acids is 5. The van der Waals surface area contributed by atoms with Gasteiger partial charge in [0.05, 0.1) is 0 Å². The van der Waals surface area contributed by atoms with Gasteiger partial charge in [0.15, 0.2) is 0 Å². The van der Waals surface area contributed by atoms with E-state index < -0.39 is 58.7 Å². The normalized spacial score (nSPS) is 22.7. The van der Waals surface area contributed by atoms with Crippen LogP contribution >= 0.6 is 0 Å². The Morgan fingerprint density at radius 3 is 2.23 bits per heavy atom. The average molecular weight is 545 g/mol. The van der Waals surface area contributed by atoms with Gasteiger partial charge in [0, 0.05) is 19.5 Å². The molecule has 5 atom stereocenters. The van der Waals surface area contributed by atoms with Gasteiger partial charge in [-0.15, -0.1) is 18.4 Å². The van der Waals surface area contributed by atoms with Crippen molar-refractivity contribution in [3.8, 4) is 11.8 Å². The summed E-state index contributed by atoms with van der Waals surface area (Å²) in [6, 6.07) is -3.01. The van der Waals surface area contributed by atoms with Crippen LogP contribution in [0.1, 0.15) is 68.7 Å². The van der Waals surface area contributed by atoms with Gasteiger partial charge in [-0.25, -0.2) is 4.79 Å². The van der Waals surface area contributed by atoms with E-state index in [4.69, 9.17) is 4.74 Å². The quantitative estimate of drug-likeness (QED) is 0.231. The van der Waals surface area contributed by atoms with Crippen molar-refractivity contribution in [3.63, 3.8) is 0 Å². The number of likely N-dealkylation sites (tertiary alicyclic amines) is 1. The lowest BCUT2D eigenvalue weighted by Crippen LogP contribution is -2.60. The number of Topliss-reactive ketones (excluding diaryl/α,β-unsaturated/α-hetero) is 1. The Bertz CT molecular complexity index is 1070. The van der Waals surface area contributed by atoms with E-state index in [0.717, 1.165) is 0 Å². The van der Waals surface area contributed by atoms with Crippen LogP contribution in [0.25, 0.3) is 0 Å². The predicted octanol–water partition coefficient (Wildman–Crippen LogP) is 2.18. The highest BCUT2D eigenvalue weighted by Crippen LogP contribution is 2.65. The summed E-state index contributed by atoms with van der Waals surface area (Å²) in [5.41, 5.74) is -1.62. The number of amides is 4. The number of ketones is 1. The minimum atomic E-state index is -1.18. The molecule has 0 bridgehead atoms. The Labute approximate surface area is 232 Å². The van der Waals surface area contributed by atoms with Crippen LogP contribution < -0.4 is 16.0 Å². The van der Waals surface area contributed by atoms with E-state index in [9.17, 15) is 24.0 Å². The molecule has 10 nitrogen and oxygen atoms in total. The Balaban J connectivity index is 2.33. The molecule has 0 aromatic rings. The zero-order valence-electron chi connectivity index (χ0n) is 24.7. The molecule has 10 heteroatoms. The largest absolute Gasteiger partial charge is 0.444 e. The molecule has 0 spiro atoms. The number of nitrogens with one attached hydrogen (secondary N) is 3. The molecule has 3 N–H and O–H groups in total. The molecule has 2 aliphatic rings. The maximum atomic E-state index is 13.9. The van der Waals surface area contributed by atoms with Crippen LogP contribution in [-0.2, 0) is 23.9 Å². The molecule has 0 aromatic carbocycles. The fourth-order valence-corrected chi connectivity index (χ4v) is 5.13. The maximum Gasteiger partial charge on any atom is 0.408 e. The third-order valence-electron chi connectivity index (χ3n) is 7.28.